The number of rotatable bonds is 8. The lowest BCUT2D eigenvalue weighted by atomic mass is 9.95. The van der Waals surface area contributed by atoms with Gasteiger partial charge in [0.1, 0.15) is 9.84 Å². The van der Waals surface area contributed by atoms with Crippen LogP contribution in [0.2, 0.25) is 0 Å². The molecule has 8 heteroatoms. The van der Waals surface area contributed by atoms with Gasteiger partial charge in [0.25, 0.3) is 0 Å². The molecule has 2 aliphatic carbocycles. The fourth-order valence-corrected chi connectivity index (χ4v) is 6.43. The minimum atomic E-state index is -2.97. The van der Waals surface area contributed by atoms with Crippen LogP contribution >= 0.6 is 0 Å². The highest BCUT2D eigenvalue weighted by Gasteiger charge is 2.45. The van der Waals surface area contributed by atoms with Gasteiger partial charge in [-0.3, -0.25) is 9.20 Å². The Hall–Kier alpha value is -0.630. The van der Waals surface area contributed by atoms with Gasteiger partial charge in [0.2, 0.25) is 0 Å². The zero-order valence-corrected chi connectivity index (χ0v) is 17.3. The van der Waals surface area contributed by atoms with E-state index in [-0.39, 0.29) is 22.5 Å². The van der Waals surface area contributed by atoms with E-state index in [1.165, 1.54) is 6.26 Å². The van der Waals surface area contributed by atoms with Crippen molar-refractivity contribution in [1.29, 1.82) is 0 Å². The standard InChI is InChI=1S/C17H33N3O3S2/c1-4-18-16(19-12-17(9-10-17)13-25(3,22)23)20-14-7-6-8-15(11-14)24(21)5-2/h14-15H,4-13H2,1-3H3,(H2,18,19,20). The minimum Gasteiger partial charge on any atom is -0.357 e. The molecular formula is C17H33N3O3S2. The quantitative estimate of drug-likeness (QED) is 0.483. The lowest BCUT2D eigenvalue weighted by molar-refractivity contribution is 0.413. The Morgan fingerprint density at radius 3 is 2.56 bits per heavy atom. The molecule has 0 radical (unpaired) electrons. The third-order valence-corrected chi connectivity index (χ3v) is 7.94. The first kappa shape index (κ1) is 20.7. The lowest BCUT2D eigenvalue weighted by Crippen LogP contribution is -2.47. The summed E-state index contributed by atoms with van der Waals surface area (Å²) < 4.78 is 35.3. The number of aliphatic imine (C=N–C) groups is 1. The molecule has 0 heterocycles. The van der Waals surface area contributed by atoms with E-state index in [0.717, 1.165) is 56.8 Å². The van der Waals surface area contributed by atoms with Crippen molar-refractivity contribution in [3.8, 4) is 0 Å². The molecule has 0 amide bonds. The number of nitrogens with one attached hydrogen (secondary N) is 2. The van der Waals surface area contributed by atoms with Crippen LogP contribution in [0.15, 0.2) is 4.99 Å². The van der Waals surface area contributed by atoms with Crippen LogP contribution in [0.5, 0.6) is 0 Å². The predicted octanol–water partition coefficient (Wildman–Crippen LogP) is 1.45. The van der Waals surface area contributed by atoms with Crippen molar-refractivity contribution in [3.05, 3.63) is 0 Å². The second kappa shape index (κ2) is 8.84. The van der Waals surface area contributed by atoms with Crippen LogP contribution in [0.3, 0.4) is 0 Å². The summed E-state index contributed by atoms with van der Waals surface area (Å²) in [5.74, 6) is 1.71. The molecule has 3 atom stereocenters. The number of nitrogens with zero attached hydrogens (tertiary/aromatic N) is 1. The molecule has 25 heavy (non-hydrogen) atoms. The van der Waals surface area contributed by atoms with Crippen molar-refractivity contribution in [2.75, 3.05) is 30.9 Å². The average molecular weight is 392 g/mol. The molecule has 0 bridgehead atoms. The van der Waals surface area contributed by atoms with E-state index in [9.17, 15) is 12.6 Å². The van der Waals surface area contributed by atoms with Gasteiger partial charge in [-0.25, -0.2) is 8.42 Å². The SMILES string of the molecule is CCNC(=NCC1(CS(C)(=O)=O)CC1)NC1CCCC(S(=O)CC)C1. The van der Waals surface area contributed by atoms with E-state index in [0.29, 0.717) is 6.54 Å². The molecule has 0 aliphatic heterocycles. The zero-order chi connectivity index (χ0) is 18.5. The van der Waals surface area contributed by atoms with Crippen LogP contribution < -0.4 is 10.6 Å². The van der Waals surface area contributed by atoms with Gasteiger partial charge in [0, 0.05) is 52.6 Å². The molecule has 2 fully saturated rings. The Labute approximate surface area is 155 Å². The lowest BCUT2D eigenvalue weighted by Gasteiger charge is -2.30. The average Bonchev–Trinajstić information content (AvgIpc) is 3.30. The van der Waals surface area contributed by atoms with Crippen LogP contribution in [0.4, 0.5) is 0 Å². The first-order valence-electron chi connectivity index (χ1n) is 9.36. The maximum atomic E-state index is 12.1. The van der Waals surface area contributed by atoms with Crippen LogP contribution in [0.25, 0.3) is 0 Å². The first-order chi connectivity index (χ1) is 11.8. The Morgan fingerprint density at radius 1 is 1.28 bits per heavy atom. The van der Waals surface area contributed by atoms with E-state index in [2.05, 4.69) is 15.6 Å². The highest BCUT2D eigenvalue weighted by Crippen LogP contribution is 2.46. The fourth-order valence-electron chi connectivity index (χ4n) is 3.59. The van der Waals surface area contributed by atoms with E-state index in [1.54, 1.807) is 0 Å². The van der Waals surface area contributed by atoms with Gasteiger partial charge in [0.05, 0.1) is 5.75 Å². The highest BCUT2D eigenvalue weighted by molar-refractivity contribution is 7.90. The third-order valence-electron chi connectivity index (χ3n) is 5.07. The van der Waals surface area contributed by atoms with E-state index in [1.807, 2.05) is 13.8 Å². The van der Waals surface area contributed by atoms with E-state index >= 15 is 0 Å². The highest BCUT2D eigenvalue weighted by atomic mass is 32.2. The summed E-state index contributed by atoms with van der Waals surface area (Å²) in [5.41, 5.74) is -0.158. The summed E-state index contributed by atoms with van der Waals surface area (Å²) in [5, 5.41) is 7.03. The van der Waals surface area contributed by atoms with Crippen molar-refractivity contribution >= 4 is 26.6 Å². The number of sulfone groups is 1. The van der Waals surface area contributed by atoms with Crippen molar-refractivity contribution in [3.63, 3.8) is 0 Å². The molecular weight excluding hydrogens is 358 g/mol. The van der Waals surface area contributed by atoms with Crippen LogP contribution in [-0.2, 0) is 20.6 Å². The van der Waals surface area contributed by atoms with Gasteiger partial charge < -0.3 is 10.6 Å². The summed E-state index contributed by atoms with van der Waals surface area (Å²) in [6.45, 7) is 5.32. The molecule has 6 nitrogen and oxygen atoms in total. The molecule has 2 aliphatic rings. The maximum absolute atomic E-state index is 12.1. The Kier molecular flexibility index (Phi) is 7.31. The van der Waals surface area contributed by atoms with Crippen molar-refractivity contribution in [2.45, 2.75) is 63.7 Å². The maximum Gasteiger partial charge on any atom is 0.191 e. The Balaban J connectivity index is 1.95. The van der Waals surface area contributed by atoms with Gasteiger partial charge in [0.15, 0.2) is 5.96 Å². The van der Waals surface area contributed by atoms with Gasteiger partial charge in [-0.1, -0.05) is 13.3 Å². The van der Waals surface area contributed by atoms with Crippen LogP contribution in [0.1, 0.15) is 52.4 Å². The monoisotopic (exact) mass is 391 g/mol. The second-order valence-corrected chi connectivity index (χ2v) is 11.7. The van der Waals surface area contributed by atoms with Crippen LogP contribution in [0, 0.1) is 5.41 Å². The summed E-state index contributed by atoms with van der Waals surface area (Å²) in [7, 11) is -3.71. The topological polar surface area (TPSA) is 87.6 Å². The Morgan fingerprint density at radius 2 is 2.00 bits per heavy atom. The molecule has 0 aromatic rings. The predicted molar refractivity (Wildman–Crippen MR) is 105 cm³/mol. The van der Waals surface area contributed by atoms with E-state index in [4.69, 9.17) is 0 Å². The number of guanidine groups is 1. The second-order valence-electron chi connectivity index (χ2n) is 7.56. The largest absolute Gasteiger partial charge is 0.357 e. The summed E-state index contributed by atoms with van der Waals surface area (Å²) in [6, 6.07) is 0.289. The molecule has 0 saturated heterocycles. The normalized spacial score (nSPS) is 27.6. The molecule has 2 N–H and O–H groups in total. The van der Waals surface area contributed by atoms with Crippen molar-refractivity contribution < 1.29 is 12.6 Å². The smallest absolute Gasteiger partial charge is 0.191 e. The number of hydrogen-bond acceptors (Lipinski definition) is 4. The zero-order valence-electron chi connectivity index (χ0n) is 15.7. The molecule has 0 aromatic heterocycles. The summed E-state index contributed by atoms with van der Waals surface area (Å²) in [4.78, 5) is 4.67. The molecule has 146 valence electrons. The van der Waals surface area contributed by atoms with Crippen molar-refractivity contribution in [1.82, 2.24) is 10.6 Å². The fraction of sp³-hybridized carbons (Fsp3) is 0.941. The molecule has 2 saturated carbocycles. The van der Waals surface area contributed by atoms with Gasteiger partial charge >= 0.3 is 0 Å². The molecule has 2 rings (SSSR count). The van der Waals surface area contributed by atoms with E-state index < -0.39 is 20.6 Å². The molecule has 0 aromatic carbocycles. The van der Waals surface area contributed by atoms with Gasteiger partial charge in [-0.15, -0.1) is 0 Å². The van der Waals surface area contributed by atoms with Gasteiger partial charge in [-0.2, -0.15) is 0 Å². The summed E-state index contributed by atoms with van der Waals surface area (Å²) in [6.07, 6.45) is 7.29. The van der Waals surface area contributed by atoms with Crippen molar-refractivity contribution in [2.24, 2.45) is 10.4 Å². The van der Waals surface area contributed by atoms with Gasteiger partial charge in [-0.05, 0) is 39.0 Å². The summed E-state index contributed by atoms with van der Waals surface area (Å²) >= 11 is 0. The van der Waals surface area contributed by atoms with Crippen LogP contribution in [-0.4, -0.2) is 60.7 Å². The minimum absolute atomic E-state index is 0.158. The Bertz CT molecular complexity index is 600. The molecule has 3 unspecified atom stereocenters. The molecule has 0 spiro atoms. The first-order valence-corrected chi connectivity index (χ1v) is 12.8. The number of hydrogen-bond donors (Lipinski definition) is 2. The third kappa shape index (κ3) is 6.89.